The van der Waals surface area contributed by atoms with Crippen molar-refractivity contribution in [3.63, 3.8) is 0 Å². The highest BCUT2D eigenvalue weighted by Crippen LogP contribution is 2.33. The molecule has 0 saturated carbocycles. The minimum absolute atomic E-state index is 0.0123. The van der Waals surface area contributed by atoms with Gasteiger partial charge in [0.25, 0.3) is 11.8 Å². The van der Waals surface area contributed by atoms with Crippen molar-refractivity contribution in [3.05, 3.63) is 39.8 Å². The lowest BCUT2D eigenvalue weighted by Gasteiger charge is -2.23. The molecule has 3 aromatic rings. The molecule has 12 heteroatoms. The fourth-order valence-electron chi connectivity index (χ4n) is 3.37. The molecule has 0 saturated heterocycles. The van der Waals surface area contributed by atoms with Crippen LogP contribution in [0.2, 0.25) is 0 Å². The number of anilines is 2. The first-order valence-corrected chi connectivity index (χ1v) is 11.6. The number of aromatic nitrogens is 2. The van der Waals surface area contributed by atoms with Gasteiger partial charge >= 0.3 is 6.18 Å². The second kappa shape index (κ2) is 9.68. The number of rotatable bonds is 6. The molecule has 2 heterocycles. The van der Waals surface area contributed by atoms with Crippen molar-refractivity contribution in [2.24, 2.45) is 5.41 Å². The number of alkyl halides is 3. The van der Waals surface area contributed by atoms with Crippen LogP contribution in [0, 0.1) is 5.41 Å². The van der Waals surface area contributed by atoms with Gasteiger partial charge in [0.2, 0.25) is 5.91 Å². The summed E-state index contributed by atoms with van der Waals surface area (Å²) in [4.78, 5) is 45.8. The number of carbonyl (C=O) groups excluding carboxylic acids is 3. The van der Waals surface area contributed by atoms with Crippen molar-refractivity contribution >= 4 is 51.5 Å². The summed E-state index contributed by atoms with van der Waals surface area (Å²) in [5.41, 5.74) is 0.533. The van der Waals surface area contributed by atoms with Gasteiger partial charge < -0.3 is 20.5 Å². The topological polar surface area (TPSA) is 107 Å². The number of thiazole rings is 1. The SMILES string of the molecule is CCNC(=O)c1c(NC(=O)c2csc(C(F)(F)F)n2)[nH]c2cc(N(C)C(=O)CC(C)(C)C)ccc12. The highest BCUT2D eigenvalue weighted by Gasteiger charge is 2.35. The number of halogens is 3. The van der Waals surface area contributed by atoms with Gasteiger partial charge in [0.1, 0.15) is 11.5 Å². The number of amides is 3. The van der Waals surface area contributed by atoms with Crippen LogP contribution in [0.1, 0.15) is 60.0 Å². The molecule has 0 spiro atoms. The molecular formula is C23H26F3N5O3S. The van der Waals surface area contributed by atoms with Gasteiger partial charge in [0.05, 0.1) is 5.56 Å². The van der Waals surface area contributed by atoms with Crippen molar-refractivity contribution < 1.29 is 27.6 Å². The van der Waals surface area contributed by atoms with Crippen molar-refractivity contribution in [1.82, 2.24) is 15.3 Å². The summed E-state index contributed by atoms with van der Waals surface area (Å²) >= 11 is 0.307. The van der Waals surface area contributed by atoms with E-state index in [1.165, 1.54) is 4.90 Å². The molecule has 3 rings (SSSR count). The third kappa shape index (κ3) is 5.99. The number of H-pyrrole nitrogens is 1. The first-order chi connectivity index (χ1) is 16.2. The van der Waals surface area contributed by atoms with Crippen LogP contribution in [-0.2, 0) is 11.0 Å². The van der Waals surface area contributed by atoms with Gasteiger partial charge in [-0.3, -0.25) is 14.4 Å². The van der Waals surface area contributed by atoms with E-state index < -0.39 is 28.7 Å². The molecule has 3 N–H and O–H groups in total. The summed E-state index contributed by atoms with van der Waals surface area (Å²) in [7, 11) is 1.64. The Kier molecular flexibility index (Phi) is 7.25. The highest BCUT2D eigenvalue weighted by atomic mass is 32.1. The first kappa shape index (κ1) is 26.2. The fourth-order valence-corrected chi connectivity index (χ4v) is 4.04. The summed E-state index contributed by atoms with van der Waals surface area (Å²) in [6, 6.07) is 4.99. The lowest BCUT2D eigenvalue weighted by Crippen LogP contribution is -2.29. The van der Waals surface area contributed by atoms with E-state index in [1.54, 1.807) is 32.2 Å². The number of aromatic amines is 1. The van der Waals surface area contributed by atoms with Gasteiger partial charge in [-0.1, -0.05) is 20.8 Å². The van der Waals surface area contributed by atoms with E-state index in [2.05, 4.69) is 20.6 Å². The number of fused-ring (bicyclic) bond motifs is 1. The molecule has 0 bridgehead atoms. The minimum Gasteiger partial charge on any atom is -0.352 e. The van der Waals surface area contributed by atoms with Crippen LogP contribution < -0.4 is 15.5 Å². The zero-order valence-corrected chi connectivity index (χ0v) is 20.7. The average Bonchev–Trinajstić information content (AvgIpc) is 3.36. The Morgan fingerprint density at radius 2 is 1.83 bits per heavy atom. The van der Waals surface area contributed by atoms with Crippen LogP contribution in [0.25, 0.3) is 10.9 Å². The smallest absolute Gasteiger partial charge is 0.352 e. The van der Waals surface area contributed by atoms with Gasteiger partial charge in [-0.2, -0.15) is 13.2 Å². The van der Waals surface area contributed by atoms with Crippen molar-refractivity contribution in [3.8, 4) is 0 Å². The molecule has 188 valence electrons. The third-order valence-electron chi connectivity index (χ3n) is 5.01. The normalized spacial score (nSPS) is 12.0. The number of benzene rings is 1. The predicted octanol–water partition coefficient (Wildman–Crippen LogP) is 5.04. The van der Waals surface area contributed by atoms with Gasteiger partial charge in [-0.15, -0.1) is 11.3 Å². The van der Waals surface area contributed by atoms with Crippen LogP contribution in [0.3, 0.4) is 0 Å². The second-order valence-corrected chi connectivity index (χ2v) is 10.0. The van der Waals surface area contributed by atoms with E-state index in [9.17, 15) is 27.6 Å². The van der Waals surface area contributed by atoms with Gasteiger partial charge in [0, 0.05) is 42.0 Å². The Morgan fingerprint density at radius 1 is 1.14 bits per heavy atom. The van der Waals surface area contributed by atoms with Crippen LogP contribution in [0.4, 0.5) is 24.7 Å². The Balaban J connectivity index is 1.98. The number of hydrogen-bond donors (Lipinski definition) is 3. The van der Waals surface area contributed by atoms with Crippen LogP contribution in [0.15, 0.2) is 23.6 Å². The summed E-state index contributed by atoms with van der Waals surface area (Å²) in [6.45, 7) is 7.93. The Morgan fingerprint density at radius 3 is 2.40 bits per heavy atom. The van der Waals surface area contributed by atoms with Crippen LogP contribution in [0.5, 0.6) is 0 Å². The van der Waals surface area contributed by atoms with Crippen LogP contribution >= 0.6 is 11.3 Å². The average molecular weight is 510 g/mol. The zero-order valence-electron chi connectivity index (χ0n) is 19.9. The van der Waals surface area contributed by atoms with Gasteiger partial charge in [0.15, 0.2) is 5.01 Å². The summed E-state index contributed by atoms with van der Waals surface area (Å²) in [6.07, 6.45) is -4.34. The van der Waals surface area contributed by atoms with Crippen LogP contribution in [-0.4, -0.2) is 41.3 Å². The summed E-state index contributed by atoms with van der Waals surface area (Å²) in [5.74, 6) is -1.46. The number of hydrogen-bond acceptors (Lipinski definition) is 5. The molecule has 3 amide bonds. The molecule has 0 atom stereocenters. The minimum atomic E-state index is -4.66. The lowest BCUT2D eigenvalue weighted by molar-refractivity contribution is -0.137. The highest BCUT2D eigenvalue weighted by molar-refractivity contribution is 7.10. The maximum atomic E-state index is 12.9. The molecule has 0 aliphatic heterocycles. The molecule has 1 aromatic carbocycles. The summed E-state index contributed by atoms with van der Waals surface area (Å²) in [5, 5.41) is 5.46. The largest absolute Gasteiger partial charge is 0.443 e. The quantitative estimate of drug-likeness (QED) is 0.433. The first-order valence-electron chi connectivity index (χ1n) is 10.8. The Labute approximate surface area is 203 Å². The molecule has 8 nitrogen and oxygen atoms in total. The van der Waals surface area contributed by atoms with Crippen molar-refractivity contribution in [2.45, 2.75) is 40.3 Å². The van der Waals surface area contributed by atoms with E-state index in [4.69, 9.17) is 0 Å². The monoisotopic (exact) mass is 509 g/mol. The molecule has 2 aromatic heterocycles. The van der Waals surface area contributed by atoms with Gasteiger partial charge in [-0.05, 0) is 30.5 Å². The number of nitrogens with zero attached hydrogens (tertiary/aromatic N) is 2. The fraction of sp³-hybridized carbons (Fsp3) is 0.391. The molecular weight excluding hydrogens is 483 g/mol. The second-order valence-electron chi connectivity index (χ2n) is 9.14. The van der Waals surface area contributed by atoms with Crippen molar-refractivity contribution in [2.75, 3.05) is 23.8 Å². The standard InChI is InChI=1S/C23H26F3N5O3S/c1-6-27-20(34)17-13-8-7-12(31(5)16(32)10-22(2,3)4)9-14(13)28-18(17)30-19(33)15-11-35-21(29-15)23(24,25)26/h7-9,11,28H,6,10H2,1-5H3,(H,27,34)(H,30,33). The van der Waals surface area contributed by atoms with Gasteiger partial charge in [-0.25, -0.2) is 4.98 Å². The van der Waals surface area contributed by atoms with E-state index in [0.29, 0.717) is 40.9 Å². The summed E-state index contributed by atoms with van der Waals surface area (Å²) < 4.78 is 38.6. The maximum Gasteiger partial charge on any atom is 0.443 e. The molecule has 0 fully saturated rings. The van der Waals surface area contributed by atoms with E-state index in [1.807, 2.05) is 20.8 Å². The third-order valence-corrected chi connectivity index (χ3v) is 5.89. The molecule has 0 radical (unpaired) electrons. The van der Waals surface area contributed by atoms with E-state index in [-0.39, 0.29) is 22.7 Å². The Bertz CT molecular complexity index is 1270. The molecule has 0 aliphatic rings. The predicted molar refractivity (Wildman–Crippen MR) is 129 cm³/mol. The van der Waals surface area contributed by atoms with Crippen molar-refractivity contribution in [1.29, 1.82) is 0 Å². The number of nitrogens with one attached hydrogen (secondary N) is 3. The molecule has 0 aliphatic carbocycles. The van der Waals surface area contributed by atoms with E-state index in [0.717, 1.165) is 5.38 Å². The molecule has 0 unspecified atom stereocenters. The molecule has 35 heavy (non-hydrogen) atoms. The number of carbonyl (C=O) groups is 3. The maximum absolute atomic E-state index is 12.9. The Hall–Kier alpha value is -3.41. The lowest BCUT2D eigenvalue weighted by atomic mass is 9.91. The zero-order chi connectivity index (χ0) is 26.1. The van der Waals surface area contributed by atoms with E-state index >= 15 is 0 Å².